The Morgan fingerprint density at radius 3 is 1.39 bits per heavy atom. The molecule has 4 nitrogen and oxygen atoms in total. The molecule has 0 unspecified atom stereocenters. The van der Waals surface area contributed by atoms with Gasteiger partial charge in [0.1, 0.15) is 0 Å². The molecule has 61 heavy (non-hydrogen) atoms. The zero-order valence-electron chi connectivity index (χ0n) is 32.9. The minimum absolute atomic E-state index is 0.546. The van der Waals surface area contributed by atoms with Gasteiger partial charge in [0.05, 0.1) is 12.0 Å². The van der Waals surface area contributed by atoms with Crippen LogP contribution in [0.3, 0.4) is 0 Å². The zero-order chi connectivity index (χ0) is 40.5. The van der Waals surface area contributed by atoms with Crippen molar-refractivity contribution in [3.63, 3.8) is 0 Å². The van der Waals surface area contributed by atoms with Gasteiger partial charge in [-0.05, 0) is 83.6 Å². The van der Waals surface area contributed by atoms with Crippen molar-refractivity contribution in [1.29, 1.82) is 0 Å². The molecule has 0 aliphatic heterocycles. The highest BCUT2D eigenvalue weighted by atomic mass is 15.0. The molecular weight excluding hydrogens is 741 g/mol. The van der Waals surface area contributed by atoms with Crippen LogP contribution in [-0.2, 0) is 5.41 Å². The molecule has 0 saturated carbocycles. The monoisotopic (exact) mass is 774 g/mol. The van der Waals surface area contributed by atoms with Crippen LogP contribution in [0.1, 0.15) is 22.3 Å². The molecule has 12 rings (SSSR count). The Labute approximate surface area is 354 Å². The Hall–Kier alpha value is -8.26. The summed E-state index contributed by atoms with van der Waals surface area (Å²) in [5.41, 5.74) is 17.6. The summed E-state index contributed by atoms with van der Waals surface area (Å²) >= 11 is 0. The summed E-state index contributed by atoms with van der Waals surface area (Å²) in [6.45, 7) is 7.52. The van der Waals surface area contributed by atoms with Crippen molar-refractivity contribution in [3.05, 3.63) is 240 Å². The van der Waals surface area contributed by atoms with Crippen molar-refractivity contribution >= 4 is 16.5 Å². The topological polar surface area (TPSA) is 43.0 Å². The molecule has 1 spiro atoms. The summed E-state index contributed by atoms with van der Waals surface area (Å²) in [6, 6.07) is 73.2. The fraction of sp³-hybridized carbons (Fsp3) is 0.0175. The molecule has 282 valence electrons. The van der Waals surface area contributed by atoms with Gasteiger partial charge in [-0.3, -0.25) is 0 Å². The van der Waals surface area contributed by atoms with Gasteiger partial charge >= 0.3 is 0 Å². The van der Waals surface area contributed by atoms with E-state index in [-0.39, 0.29) is 0 Å². The highest BCUT2D eigenvalue weighted by Crippen LogP contribution is 2.62. The number of hydrogen-bond acceptors (Lipinski definition) is 3. The van der Waals surface area contributed by atoms with Gasteiger partial charge in [0.15, 0.2) is 23.2 Å². The summed E-state index contributed by atoms with van der Waals surface area (Å²) in [5.74, 6) is 1.92. The molecule has 0 N–H and O–H groups in total. The van der Waals surface area contributed by atoms with Crippen LogP contribution in [0.4, 0.5) is 5.69 Å². The van der Waals surface area contributed by atoms with E-state index < -0.39 is 5.41 Å². The summed E-state index contributed by atoms with van der Waals surface area (Å²) in [4.78, 5) is 18.5. The van der Waals surface area contributed by atoms with Crippen molar-refractivity contribution in [1.82, 2.24) is 15.0 Å². The van der Waals surface area contributed by atoms with E-state index in [4.69, 9.17) is 21.5 Å². The average Bonchev–Trinajstić information content (AvgIpc) is 3.64. The quantitative estimate of drug-likeness (QED) is 0.164. The van der Waals surface area contributed by atoms with Crippen molar-refractivity contribution in [3.8, 4) is 78.7 Å². The Morgan fingerprint density at radius 1 is 0.328 bits per heavy atom. The fourth-order valence-electron chi connectivity index (χ4n) is 9.89. The molecule has 0 saturated heterocycles. The second-order valence-corrected chi connectivity index (χ2v) is 15.8. The van der Waals surface area contributed by atoms with Crippen LogP contribution in [0.25, 0.3) is 94.3 Å². The van der Waals surface area contributed by atoms with Gasteiger partial charge in [-0.25, -0.2) is 19.8 Å². The Morgan fingerprint density at radius 2 is 0.787 bits per heavy atom. The van der Waals surface area contributed by atoms with Crippen LogP contribution in [0.5, 0.6) is 0 Å². The minimum Gasteiger partial charge on any atom is -0.238 e. The van der Waals surface area contributed by atoms with Crippen LogP contribution in [-0.4, -0.2) is 15.0 Å². The Kier molecular flexibility index (Phi) is 7.78. The zero-order valence-corrected chi connectivity index (χ0v) is 32.9. The minimum atomic E-state index is -0.546. The third kappa shape index (κ3) is 5.28. The molecule has 4 heteroatoms. The molecule has 1 aromatic heterocycles. The first kappa shape index (κ1) is 34.8. The van der Waals surface area contributed by atoms with Crippen LogP contribution >= 0.6 is 0 Å². The number of benzene rings is 9. The van der Waals surface area contributed by atoms with E-state index in [1.165, 1.54) is 60.8 Å². The van der Waals surface area contributed by atoms with Crippen molar-refractivity contribution in [2.24, 2.45) is 0 Å². The molecule has 9 aromatic carbocycles. The maximum atomic E-state index is 7.52. The molecular formula is C57H34N4. The number of aromatic nitrogens is 3. The van der Waals surface area contributed by atoms with E-state index in [1.54, 1.807) is 0 Å². The highest BCUT2D eigenvalue weighted by molar-refractivity contribution is 6.12. The summed E-state index contributed by atoms with van der Waals surface area (Å²) < 4.78 is 0. The van der Waals surface area contributed by atoms with E-state index in [2.05, 4.69) is 138 Å². The standard InChI is InChI=1S/C57H34N4/c1-58-42-30-27-36(28-31-42)41-29-32-46-48-34-33-43(37-23-25-40(26-24-37)56-60-54(38-13-4-2-5-14-38)59-55(61-56)39-15-6-3-7-16-39)47-19-12-22-51(53(47)48)57(52(46)35-41)49-20-10-8-17-44(49)45-18-9-11-21-50(45)57/h2-35H. The lowest BCUT2D eigenvalue weighted by Gasteiger charge is -2.40. The molecule has 10 aromatic rings. The number of fused-ring (bicyclic) bond motifs is 9. The first-order valence-electron chi connectivity index (χ1n) is 20.6. The summed E-state index contributed by atoms with van der Waals surface area (Å²) in [5, 5.41) is 2.49. The van der Waals surface area contributed by atoms with Gasteiger partial charge in [-0.1, -0.05) is 200 Å². The Bertz CT molecular complexity index is 3300. The SMILES string of the molecule is [C-]#[N+]c1ccc(-c2ccc3c(c2)C2(c4ccccc4-c4ccccc42)c2cccc4c(-c5ccc(-c6nc(-c7ccccc7)nc(-c7ccccc7)n6)cc5)ccc-3c24)cc1. The maximum Gasteiger partial charge on any atom is 0.187 e. The predicted octanol–water partition coefficient (Wildman–Crippen LogP) is 14.3. The van der Waals surface area contributed by atoms with Gasteiger partial charge in [-0.2, -0.15) is 0 Å². The third-order valence-electron chi connectivity index (χ3n) is 12.6. The maximum absolute atomic E-state index is 7.52. The smallest absolute Gasteiger partial charge is 0.187 e. The van der Waals surface area contributed by atoms with Gasteiger partial charge in [0, 0.05) is 16.7 Å². The van der Waals surface area contributed by atoms with E-state index in [0.29, 0.717) is 23.2 Å². The molecule has 0 amide bonds. The van der Waals surface area contributed by atoms with E-state index in [0.717, 1.165) is 33.4 Å². The van der Waals surface area contributed by atoms with Crippen molar-refractivity contribution < 1.29 is 0 Å². The normalized spacial score (nSPS) is 12.7. The molecule has 2 aliphatic carbocycles. The van der Waals surface area contributed by atoms with Crippen LogP contribution in [0.2, 0.25) is 0 Å². The predicted molar refractivity (Wildman–Crippen MR) is 247 cm³/mol. The lowest BCUT2D eigenvalue weighted by molar-refractivity contribution is 0.774. The average molecular weight is 775 g/mol. The van der Waals surface area contributed by atoms with Gasteiger partial charge in [0.2, 0.25) is 0 Å². The number of rotatable bonds is 5. The van der Waals surface area contributed by atoms with Gasteiger partial charge in [-0.15, -0.1) is 0 Å². The summed E-state index contributed by atoms with van der Waals surface area (Å²) in [7, 11) is 0. The molecule has 0 atom stereocenters. The van der Waals surface area contributed by atoms with E-state index in [1.807, 2.05) is 72.8 Å². The van der Waals surface area contributed by atoms with Crippen LogP contribution in [0, 0.1) is 6.57 Å². The lowest BCUT2D eigenvalue weighted by atomic mass is 9.61. The third-order valence-corrected chi connectivity index (χ3v) is 12.6. The first-order chi connectivity index (χ1) is 30.2. The highest BCUT2D eigenvalue weighted by Gasteiger charge is 2.50. The van der Waals surface area contributed by atoms with E-state index >= 15 is 0 Å². The van der Waals surface area contributed by atoms with Crippen LogP contribution in [0.15, 0.2) is 206 Å². The molecule has 0 bridgehead atoms. The second kappa shape index (κ2) is 13.7. The van der Waals surface area contributed by atoms with Gasteiger partial charge in [0.25, 0.3) is 0 Å². The first-order valence-corrected chi connectivity index (χ1v) is 20.6. The van der Waals surface area contributed by atoms with Crippen LogP contribution < -0.4 is 0 Å². The number of nitrogens with zero attached hydrogens (tertiary/aromatic N) is 4. The molecule has 1 heterocycles. The van der Waals surface area contributed by atoms with Gasteiger partial charge < -0.3 is 0 Å². The molecule has 2 aliphatic rings. The second-order valence-electron chi connectivity index (χ2n) is 15.8. The van der Waals surface area contributed by atoms with Crippen molar-refractivity contribution in [2.75, 3.05) is 0 Å². The Balaban J connectivity index is 1.05. The van der Waals surface area contributed by atoms with Crippen molar-refractivity contribution in [2.45, 2.75) is 5.41 Å². The fourth-order valence-corrected chi connectivity index (χ4v) is 9.89. The summed E-state index contributed by atoms with van der Waals surface area (Å²) in [6.07, 6.45) is 0. The number of hydrogen-bond donors (Lipinski definition) is 0. The largest absolute Gasteiger partial charge is 0.238 e. The van der Waals surface area contributed by atoms with E-state index in [9.17, 15) is 0 Å². The lowest BCUT2D eigenvalue weighted by Crippen LogP contribution is -2.32. The molecule has 0 radical (unpaired) electrons. The molecule has 0 fully saturated rings.